The highest BCUT2D eigenvalue weighted by Crippen LogP contribution is 2.36. The maximum atomic E-state index is 11.4. The number of benzene rings is 1. The van der Waals surface area contributed by atoms with E-state index in [-0.39, 0.29) is 11.0 Å². The van der Waals surface area contributed by atoms with Crippen LogP contribution >= 0.6 is 0 Å². The summed E-state index contributed by atoms with van der Waals surface area (Å²) < 4.78 is 16.4. The summed E-state index contributed by atoms with van der Waals surface area (Å²) in [4.78, 5) is 11.4. The number of hydrogen-bond acceptors (Lipinski definition) is 4. The quantitative estimate of drug-likeness (QED) is 0.454. The third kappa shape index (κ3) is 5.17. The Bertz CT molecular complexity index is 477. The van der Waals surface area contributed by atoms with E-state index in [0.717, 1.165) is 0 Å². The van der Waals surface area contributed by atoms with Crippen molar-refractivity contribution in [1.82, 2.24) is 0 Å². The van der Waals surface area contributed by atoms with Gasteiger partial charge in [0.05, 0.1) is 19.3 Å². The van der Waals surface area contributed by atoms with Crippen LogP contribution in [0, 0.1) is 0 Å². The molecule has 0 aromatic heterocycles. The molecule has 0 spiro atoms. The summed E-state index contributed by atoms with van der Waals surface area (Å²) in [5, 5.41) is 0.192. The Labute approximate surface area is 128 Å². The van der Waals surface area contributed by atoms with Crippen LogP contribution in [0.15, 0.2) is 24.3 Å². The van der Waals surface area contributed by atoms with Crippen molar-refractivity contribution in [1.29, 1.82) is 0 Å². The third-order valence-electron chi connectivity index (χ3n) is 3.88. The van der Waals surface area contributed by atoms with E-state index in [2.05, 4.69) is 38.6 Å². The SMILES string of the molecule is COC(=O)c1cccc(OCCO[Si](C)(C)C(C)(C)C)c1. The van der Waals surface area contributed by atoms with Gasteiger partial charge in [-0.2, -0.15) is 0 Å². The van der Waals surface area contributed by atoms with E-state index < -0.39 is 8.32 Å². The van der Waals surface area contributed by atoms with Gasteiger partial charge in [-0.25, -0.2) is 4.79 Å². The fourth-order valence-corrected chi connectivity index (χ4v) is 2.53. The molecule has 0 aliphatic heterocycles. The number of methoxy groups -OCH3 is 1. The van der Waals surface area contributed by atoms with Gasteiger partial charge in [0.2, 0.25) is 0 Å². The van der Waals surface area contributed by atoms with Gasteiger partial charge in [0.25, 0.3) is 0 Å². The first-order valence-electron chi connectivity index (χ1n) is 7.12. The fraction of sp³-hybridized carbons (Fsp3) is 0.562. The smallest absolute Gasteiger partial charge is 0.337 e. The number of carbonyl (C=O) groups is 1. The van der Waals surface area contributed by atoms with Crippen molar-refractivity contribution in [2.75, 3.05) is 20.3 Å². The molecule has 1 aromatic rings. The molecule has 0 saturated carbocycles. The molecule has 0 amide bonds. The maximum Gasteiger partial charge on any atom is 0.337 e. The molecule has 0 radical (unpaired) electrons. The summed E-state index contributed by atoms with van der Waals surface area (Å²) in [6, 6.07) is 6.97. The van der Waals surface area contributed by atoms with Gasteiger partial charge in [0.1, 0.15) is 12.4 Å². The van der Waals surface area contributed by atoms with Crippen LogP contribution in [0.2, 0.25) is 18.1 Å². The molecule has 118 valence electrons. The fourth-order valence-electron chi connectivity index (χ4n) is 1.50. The number of rotatable bonds is 6. The maximum absolute atomic E-state index is 11.4. The van der Waals surface area contributed by atoms with E-state index in [9.17, 15) is 4.79 Å². The predicted molar refractivity (Wildman–Crippen MR) is 86.4 cm³/mol. The van der Waals surface area contributed by atoms with Crippen molar-refractivity contribution in [2.24, 2.45) is 0 Å². The first kappa shape index (κ1) is 17.7. The molecule has 5 heteroatoms. The van der Waals surface area contributed by atoms with Crippen LogP contribution in [0.3, 0.4) is 0 Å². The second-order valence-corrected chi connectivity index (χ2v) is 11.3. The molecule has 0 unspecified atom stereocenters. The highest BCUT2D eigenvalue weighted by Gasteiger charge is 2.36. The van der Waals surface area contributed by atoms with Crippen molar-refractivity contribution in [2.45, 2.75) is 38.9 Å². The lowest BCUT2D eigenvalue weighted by Gasteiger charge is -2.36. The van der Waals surface area contributed by atoms with E-state index >= 15 is 0 Å². The zero-order valence-electron chi connectivity index (χ0n) is 13.9. The Kier molecular flexibility index (Phi) is 5.98. The average molecular weight is 310 g/mol. The van der Waals surface area contributed by atoms with E-state index in [4.69, 9.17) is 9.16 Å². The van der Waals surface area contributed by atoms with Crippen molar-refractivity contribution >= 4 is 14.3 Å². The summed E-state index contributed by atoms with van der Waals surface area (Å²) in [7, 11) is -0.368. The Balaban J connectivity index is 2.48. The van der Waals surface area contributed by atoms with Gasteiger partial charge in [0.15, 0.2) is 8.32 Å². The van der Waals surface area contributed by atoms with Crippen LogP contribution in [-0.4, -0.2) is 34.6 Å². The topological polar surface area (TPSA) is 44.8 Å². The predicted octanol–water partition coefficient (Wildman–Crippen LogP) is 3.87. The molecule has 0 saturated heterocycles. The van der Waals surface area contributed by atoms with Crippen molar-refractivity contribution < 1.29 is 18.7 Å². The molecule has 21 heavy (non-hydrogen) atoms. The molecule has 0 fully saturated rings. The highest BCUT2D eigenvalue weighted by molar-refractivity contribution is 6.74. The minimum absolute atomic E-state index is 0.192. The summed E-state index contributed by atoms with van der Waals surface area (Å²) in [6.07, 6.45) is 0. The zero-order valence-corrected chi connectivity index (χ0v) is 14.9. The summed E-state index contributed by atoms with van der Waals surface area (Å²) in [6.45, 7) is 12.1. The van der Waals surface area contributed by atoms with E-state index in [1.165, 1.54) is 7.11 Å². The Hall–Kier alpha value is -1.33. The summed E-state index contributed by atoms with van der Waals surface area (Å²) in [5.74, 6) is 0.287. The first-order valence-corrected chi connectivity index (χ1v) is 10.0. The monoisotopic (exact) mass is 310 g/mol. The molecular formula is C16H26O4Si. The largest absolute Gasteiger partial charge is 0.491 e. The minimum Gasteiger partial charge on any atom is -0.491 e. The normalized spacial score (nSPS) is 12.1. The Morgan fingerprint density at radius 2 is 1.86 bits per heavy atom. The Morgan fingerprint density at radius 3 is 2.43 bits per heavy atom. The Morgan fingerprint density at radius 1 is 1.19 bits per heavy atom. The van der Waals surface area contributed by atoms with Gasteiger partial charge < -0.3 is 13.9 Å². The molecule has 1 rings (SSSR count). The second kappa shape index (κ2) is 7.09. The zero-order chi connectivity index (χ0) is 16.1. The van der Waals surface area contributed by atoms with Crippen molar-refractivity contribution in [3.05, 3.63) is 29.8 Å². The highest BCUT2D eigenvalue weighted by atomic mass is 28.4. The molecule has 0 heterocycles. The molecule has 0 atom stereocenters. The lowest BCUT2D eigenvalue weighted by Crippen LogP contribution is -2.41. The van der Waals surface area contributed by atoms with Gasteiger partial charge in [-0.3, -0.25) is 0 Å². The van der Waals surface area contributed by atoms with Crippen LogP contribution in [0.25, 0.3) is 0 Å². The molecule has 0 N–H and O–H groups in total. The molecule has 1 aromatic carbocycles. The first-order chi connectivity index (χ1) is 9.67. The van der Waals surface area contributed by atoms with Crippen molar-refractivity contribution in [3.63, 3.8) is 0 Å². The lowest BCUT2D eigenvalue weighted by molar-refractivity contribution is 0.0600. The molecule has 0 aliphatic rings. The summed E-state index contributed by atoms with van der Waals surface area (Å²) in [5.41, 5.74) is 0.486. The van der Waals surface area contributed by atoms with Crippen LogP contribution in [0.4, 0.5) is 0 Å². The van der Waals surface area contributed by atoms with Gasteiger partial charge in [-0.15, -0.1) is 0 Å². The standard InChI is InChI=1S/C16H26O4Si/c1-16(2,3)21(5,6)20-11-10-19-14-9-7-8-13(12-14)15(17)18-4/h7-9,12H,10-11H2,1-6H3. The van der Waals surface area contributed by atoms with Crippen LogP contribution in [0.1, 0.15) is 31.1 Å². The number of hydrogen-bond donors (Lipinski definition) is 0. The minimum atomic E-state index is -1.73. The van der Waals surface area contributed by atoms with Crippen LogP contribution in [-0.2, 0) is 9.16 Å². The van der Waals surface area contributed by atoms with E-state index in [0.29, 0.717) is 24.5 Å². The molecule has 4 nitrogen and oxygen atoms in total. The number of carbonyl (C=O) groups excluding carboxylic acids is 1. The lowest BCUT2D eigenvalue weighted by atomic mass is 10.2. The van der Waals surface area contributed by atoms with E-state index in [1.54, 1.807) is 18.2 Å². The number of esters is 1. The van der Waals surface area contributed by atoms with Gasteiger partial charge >= 0.3 is 5.97 Å². The van der Waals surface area contributed by atoms with Gasteiger partial charge in [-0.1, -0.05) is 26.8 Å². The van der Waals surface area contributed by atoms with E-state index in [1.807, 2.05) is 6.07 Å². The molecule has 0 bridgehead atoms. The van der Waals surface area contributed by atoms with Gasteiger partial charge in [0, 0.05) is 0 Å². The van der Waals surface area contributed by atoms with Crippen LogP contribution < -0.4 is 4.74 Å². The van der Waals surface area contributed by atoms with Crippen molar-refractivity contribution in [3.8, 4) is 5.75 Å². The molecular weight excluding hydrogens is 284 g/mol. The average Bonchev–Trinajstić information content (AvgIpc) is 2.42. The molecule has 0 aliphatic carbocycles. The number of ether oxygens (including phenoxy) is 2. The van der Waals surface area contributed by atoms with Gasteiger partial charge in [-0.05, 0) is 36.3 Å². The third-order valence-corrected chi connectivity index (χ3v) is 8.41. The second-order valence-electron chi connectivity index (χ2n) is 6.48. The summed E-state index contributed by atoms with van der Waals surface area (Å²) >= 11 is 0. The van der Waals surface area contributed by atoms with Crippen LogP contribution in [0.5, 0.6) is 5.75 Å².